The molecule has 5 nitrogen and oxygen atoms in total. The molecule has 0 bridgehead atoms. The molecule has 126 valence electrons. The van der Waals surface area contributed by atoms with E-state index in [4.69, 9.17) is 9.47 Å². The van der Waals surface area contributed by atoms with E-state index in [1.165, 1.54) is 0 Å². The number of hydrogen-bond donors (Lipinski definition) is 1. The normalized spacial score (nSPS) is 21.3. The van der Waals surface area contributed by atoms with Gasteiger partial charge in [0.25, 0.3) is 0 Å². The Bertz CT molecular complexity index is 515. The number of carbonyl (C=O) groups excluding carboxylic acids is 1. The molecule has 0 spiro atoms. The highest BCUT2D eigenvalue weighted by atomic mass is 16.5. The predicted molar refractivity (Wildman–Crippen MR) is 88.6 cm³/mol. The largest absolute Gasteiger partial charge is 0.492 e. The smallest absolute Gasteiger partial charge is 0.226 e. The fourth-order valence-corrected chi connectivity index (χ4v) is 3.14. The lowest BCUT2D eigenvalue weighted by molar-refractivity contribution is -0.126. The van der Waals surface area contributed by atoms with Gasteiger partial charge in [-0.25, -0.2) is 0 Å². The van der Waals surface area contributed by atoms with Crippen LogP contribution in [0.4, 0.5) is 0 Å². The van der Waals surface area contributed by atoms with Crippen molar-refractivity contribution in [3.05, 3.63) is 29.8 Å². The van der Waals surface area contributed by atoms with E-state index in [-0.39, 0.29) is 11.8 Å². The van der Waals surface area contributed by atoms with Crippen molar-refractivity contribution in [1.29, 1.82) is 0 Å². The van der Waals surface area contributed by atoms with E-state index in [1.807, 2.05) is 24.3 Å². The molecule has 1 saturated heterocycles. The number of ether oxygens (including phenoxy) is 2. The molecule has 0 radical (unpaired) electrons. The van der Waals surface area contributed by atoms with Crippen LogP contribution in [0.1, 0.15) is 18.4 Å². The van der Waals surface area contributed by atoms with Gasteiger partial charge in [-0.3, -0.25) is 9.69 Å². The van der Waals surface area contributed by atoms with Crippen molar-refractivity contribution in [1.82, 2.24) is 10.2 Å². The Morgan fingerprint density at radius 1 is 1.22 bits per heavy atom. The SMILES string of the molecule is O=C(NCCCCN1CCOCC1)[C@H]1COc2ccccc2C1. The number of nitrogens with one attached hydrogen (secondary N) is 1. The van der Waals surface area contributed by atoms with Crippen LogP contribution >= 0.6 is 0 Å². The second-order valence-corrected chi connectivity index (χ2v) is 6.27. The number of fused-ring (bicyclic) bond motifs is 1. The van der Waals surface area contributed by atoms with Gasteiger partial charge in [0.15, 0.2) is 0 Å². The highest BCUT2D eigenvalue weighted by molar-refractivity contribution is 5.79. The van der Waals surface area contributed by atoms with Crippen molar-refractivity contribution >= 4 is 5.91 Å². The first-order valence-electron chi connectivity index (χ1n) is 8.61. The molecule has 1 N–H and O–H groups in total. The Hall–Kier alpha value is -1.59. The average molecular weight is 318 g/mol. The number of hydrogen-bond acceptors (Lipinski definition) is 4. The Balaban J connectivity index is 1.32. The molecule has 1 atom stereocenters. The average Bonchev–Trinajstić information content (AvgIpc) is 2.61. The molecule has 0 unspecified atom stereocenters. The summed E-state index contributed by atoms with van der Waals surface area (Å²) in [6, 6.07) is 7.97. The molecule has 0 aromatic heterocycles. The predicted octanol–water partition coefficient (Wildman–Crippen LogP) is 1.47. The van der Waals surface area contributed by atoms with E-state index in [0.29, 0.717) is 6.61 Å². The standard InChI is InChI=1S/C18H26N2O3/c21-18(16-13-15-5-1-2-6-17(15)23-14-16)19-7-3-4-8-20-9-11-22-12-10-20/h1-2,5-6,16H,3-4,7-14H2,(H,19,21)/t16-/m1/s1. The summed E-state index contributed by atoms with van der Waals surface area (Å²) in [5.74, 6) is 0.970. The molecule has 23 heavy (non-hydrogen) atoms. The zero-order chi connectivity index (χ0) is 15.9. The fraction of sp³-hybridized carbons (Fsp3) is 0.611. The van der Waals surface area contributed by atoms with E-state index in [2.05, 4.69) is 10.2 Å². The Labute approximate surface area is 137 Å². The van der Waals surface area contributed by atoms with Crippen molar-refractivity contribution in [2.24, 2.45) is 5.92 Å². The van der Waals surface area contributed by atoms with Crippen LogP contribution in [-0.2, 0) is 16.0 Å². The van der Waals surface area contributed by atoms with Gasteiger partial charge in [0.05, 0.1) is 19.1 Å². The minimum atomic E-state index is -0.0656. The second kappa shape index (κ2) is 8.31. The van der Waals surface area contributed by atoms with Gasteiger partial charge >= 0.3 is 0 Å². The van der Waals surface area contributed by atoms with Crippen LogP contribution in [0.3, 0.4) is 0 Å². The summed E-state index contributed by atoms with van der Waals surface area (Å²) >= 11 is 0. The summed E-state index contributed by atoms with van der Waals surface area (Å²) in [6.07, 6.45) is 2.91. The molecule has 5 heteroatoms. The molecule has 2 aliphatic rings. The van der Waals surface area contributed by atoms with E-state index in [9.17, 15) is 4.79 Å². The molecule has 1 fully saturated rings. The summed E-state index contributed by atoms with van der Waals surface area (Å²) in [5.41, 5.74) is 1.13. The third kappa shape index (κ3) is 4.69. The fourth-order valence-electron chi connectivity index (χ4n) is 3.14. The molecule has 1 amide bonds. The Morgan fingerprint density at radius 2 is 2.04 bits per heavy atom. The van der Waals surface area contributed by atoms with Gasteiger partial charge in [0, 0.05) is 19.6 Å². The summed E-state index contributed by atoms with van der Waals surface area (Å²) in [6.45, 7) is 6.09. The van der Waals surface area contributed by atoms with Gasteiger partial charge in [-0.05, 0) is 37.4 Å². The summed E-state index contributed by atoms with van der Waals surface area (Å²) in [5, 5.41) is 3.06. The third-order valence-corrected chi connectivity index (χ3v) is 4.55. The maximum Gasteiger partial charge on any atom is 0.226 e. The number of carbonyl (C=O) groups is 1. The molecule has 0 aliphatic carbocycles. The van der Waals surface area contributed by atoms with Crippen LogP contribution in [0.25, 0.3) is 0 Å². The first-order valence-corrected chi connectivity index (χ1v) is 8.61. The lowest BCUT2D eigenvalue weighted by atomic mass is 9.96. The number of amides is 1. The van der Waals surface area contributed by atoms with Gasteiger partial charge in [0.1, 0.15) is 12.4 Å². The zero-order valence-electron chi connectivity index (χ0n) is 13.6. The van der Waals surface area contributed by atoms with Crippen LogP contribution in [0.15, 0.2) is 24.3 Å². The Morgan fingerprint density at radius 3 is 2.91 bits per heavy atom. The maximum atomic E-state index is 12.3. The van der Waals surface area contributed by atoms with E-state index in [1.54, 1.807) is 0 Å². The highest BCUT2D eigenvalue weighted by Gasteiger charge is 2.25. The summed E-state index contributed by atoms with van der Waals surface area (Å²) < 4.78 is 11.0. The van der Waals surface area contributed by atoms with Crippen molar-refractivity contribution in [2.75, 3.05) is 46.0 Å². The number of rotatable bonds is 6. The summed E-state index contributed by atoms with van der Waals surface area (Å²) in [4.78, 5) is 14.7. The van der Waals surface area contributed by atoms with E-state index >= 15 is 0 Å². The Kier molecular flexibility index (Phi) is 5.88. The van der Waals surface area contributed by atoms with Gasteiger partial charge in [-0.1, -0.05) is 18.2 Å². The van der Waals surface area contributed by atoms with Gasteiger partial charge in [0.2, 0.25) is 5.91 Å². The van der Waals surface area contributed by atoms with Gasteiger partial charge < -0.3 is 14.8 Å². The first kappa shape index (κ1) is 16.3. The van der Waals surface area contributed by atoms with Crippen LogP contribution in [0.2, 0.25) is 0 Å². The maximum absolute atomic E-state index is 12.3. The first-order chi connectivity index (χ1) is 11.3. The minimum Gasteiger partial charge on any atom is -0.492 e. The van der Waals surface area contributed by atoms with Crippen molar-refractivity contribution in [3.63, 3.8) is 0 Å². The van der Waals surface area contributed by atoms with E-state index in [0.717, 1.165) is 70.0 Å². The van der Waals surface area contributed by atoms with Crippen LogP contribution in [0.5, 0.6) is 5.75 Å². The summed E-state index contributed by atoms with van der Waals surface area (Å²) in [7, 11) is 0. The number of morpholine rings is 1. The van der Waals surface area contributed by atoms with Crippen LogP contribution in [0, 0.1) is 5.92 Å². The monoisotopic (exact) mass is 318 g/mol. The van der Waals surface area contributed by atoms with Crippen molar-refractivity contribution < 1.29 is 14.3 Å². The number of benzene rings is 1. The minimum absolute atomic E-state index is 0.0656. The molecule has 0 saturated carbocycles. The van der Waals surface area contributed by atoms with Gasteiger partial charge in [-0.2, -0.15) is 0 Å². The number of nitrogens with zero attached hydrogens (tertiary/aromatic N) is 1. The second-order valence-electron chi connectivity index (χ2n) is 6.27. The lowest BCUT2D eigenvalue weighted by Gasteiger charge is -2.26. The molecular weight excluding hydrogens is 292 g/mol. The molecular formula is C18H26N2O3. The van der Waals surface area contributed by atoms with E-state index < -0.39 is 0 Å². The van der Waals surface area contributed by atoms with Crippen LogP contribution in [-0.4, -0.2) is 56.8 Å². The zero-order valence-corrected chi connectivity index (χ0v) is 13.6. The highest BCUT2D eigenvalue weighted by Crippen LogP contribution is 2.26. The molecule has 2 heterocycles. The van der Waals surface area contributed by atoms with Crippen LogP contribution < -0.4 is 10.1 Å². The molecule has 3 rings (SSSR count). The molecule has 2 aliphatic heterocycles. The van der Waals surface area contributed by atoms with Gasteiger partial charge in [-0.15, -0.1) is 0 Å². The number of para-hydroxylation sites is 1. The quantitative estimate of drug-likeness (QED) is 0.807. The lowest BCUT2D eigenvalue weighted by Crippen LogP contribution is -2.38. The topological polar surface area (TPSA) is 50.8 Å². The molecule has 1 aromatic rings. The molecule has 1 aromatic carbocycles. The van der Waals surface area contributed by atoms with Crippen molar-refractivity contribution in [3.8, 4) is 5.75 Å². The van der Waals surface area contributed by atoms with Crippen molar-refractivity contribution in [2.45, 2.75) is 19.3 Å². The third-order valence-electron chi connectivity index (χ3n) is 4.55. The number of unbranched alkanes of at least 4 members (excludes halogenated alkanes) is 1.